The fourth-order valence-corrected chi connectivity index (χ4v) is 5.15. The monoisotopic (exact) mass is 538 g/mol. The van der Waals surface area contributed by atoms with E-state index in [1.54, 1.807) is 19.1 Å². The quantitative estimate of drug-likeness (QED) is 0.239. The number of carbonyl (C=O) groups is 2. The number of hydrogen-bond acceptors (Lipinski definition) is 7. The Morgan fingerprint density at radius 1 is 0.897 bits per heavy atom. The summed E-state index contributed by atoms with van der Waals surface area (Å²) < 4.78 is 6.69. The van der Waals surface area contributed by atoms with Gasteiger partial charge in [0.05, 0.1) is 18.3 Å². The highest BCUT2D eigenvalue weighted by Crippen LogP contribution is 2.27. The van der Waals surface area contributed by atoms with Crippen molar-refractivity contribution in [1.29, 1.82) is 0 Å². The van der Waals surface area contributed by atoms with Crippen molar-refractivity contribution in [2.24, 2.45) is 0 Å². The van der Waals surface area contributed by atoms with Crippen molar-refractivity contribution < 1.29 is 14.3 Å². The Labute approximate surface area is 228 Å². The van der Waals surface area contributed by atoms with Crippen molar-refractivity contribution in [3.05, 3.63) is 118 Å². The number of fused-ring (bicyclic) bond motifs is 1. The van der Waals surface area contributed by atoms with Gasteiger partial charge in [-0.1, -0.05) is 48.5 Å². The lowest BCUT2D eigenvalue weighted by molar-refractivity contribution is -0.116. The number of hydrogen-bond donors (Lipinski definition) is 2. The largest absolute Gasteiger partial charge is 0.461 e. The first-order valence-corrected chi connectivity index (χ1v) is 13.2. The Kier molecular flexibility index (Phi) is 7.79. The summed E-state index contributed by atoms with van der Waals surface area (Å²) in [7, 11) is 0. The highest BCUT2D eigenvalue weighted by atomic mass is 32.1. The van der Waals surface area contributed by atoms with E-state index >= 15 is 0 Å². The number of rotatable bonds is 9. The molecule has 0 unspecified atom stereocenters. The maximum atomic E-state index is 13.2. The topological polar surface area (TPSA) is 102 Å². The predicted octanol–water partition coefficient (Wildman–Crippen LogP) is 5.55. The highest BCUT2D eigenvalue weighted by Gasteiger charge is 2.21. The van der Waals surface area contributed by atoms with Gasteiger partial charge in [-0.15, -0.1) is 11.3 Å². The number of thiophene rings is 1. The summed E-state index contributed by atoms with van der Waals surface area (Å²) in [5.41, 5.74) is 3.65. The maximum absolute atomic E-state index is 13.2. The number of aromatic nitrogens is 2. The average molecular weight is 539 g/mol. The molecule has 0 aliphatic carbocycles. The van der Waals surface area contributed by atoms with Crippen LogP contribution in [-0.4, -0.2) is 28.0 Å². The van der Waals surface area contributed by atoms with E-state index in [9.17, 15) is 14.4 Å². The van der Waals surface area contributed by atoms with E-state index in [0.717, 1.165) is 28.3 Å². The van der Waals surface area contributed by atoms with Crippen LogP contribution in [0.4, 0.5) is 17.1 Å². The molecule has 0 fully saturated rings. The summed E-state index contributed by atoms with van der Waals surface area (Å²) in [6.45, 7) is 1.72. The SMILES string of the molecule is Cc1c(C(=O)OCCc2ccccc2)sc2ncn(CC(=O)Nc3ccc(Nc4ccccc4)cc3)c(=O)c12. The number of anilines is 3. The fourth-order valence-electron chi connectivity index (χ4n) is 4.12. The van der Waals surface area contributed by atoms with E-state index in [1.165, 1.54) is 10.9 Å². The van der Waals surface area contributed by atoms with Gasteiger partial charge >= 0.3 is 5.97 Å². The fraction of sp³-hybridized carbons (Fsp3) is 0.133. The van der Waals surface area contributed by atoms with Crippen LogP contribution in [0.2, 0.25) is 0 Å². The molecule has 0 aliphatic rings. The zero-order valence-corrected chi connectivity index (χ0v) is 22.0. The van der Waals surface area contributed by atoms with Gasteiger partial charge in [0.25, 0.3) is 5.56 Å². The smallest absolute Gasteiger partial charge is 0.348 e. The molecule has 0 radical (unpaired) electrons. The van der Waals surface area contributed by atoms with Gasteiger partial charge in [0, 0.05) is 23.5 Å². The van der Waals surface area contributed by atoms with Gasteiger partial charge in [0.2, 0.25) is 5.91 Å². The van der Waals surface area contributed by atoms with Crippen LogP contribution >= 0.6 is 11.3 Å². The first-order chi connectivity index (χ1) is 19.0. The third-order valence-electron chi connectivity index (χ3n) is 6.11. The molecule has 5 rings (SSSR count). The summed E-state index contributed by atoms with van der Waals surface area (Å²) in [5, 5.41) is 6.41. The minimum atomic E-state index is -0.486. The summed E-state index contributed by atoms with van der Waals surface area (Å²) in [4.78, 5) is 43.7. The Morgan fingerprint density at radius 3 is 2.26 bits per heavy atom. The molecule has 0 saturated carbocycles. The Bertz CT molecular complexity index is 1660. The molecular formula is C30H26N4O4S. The summed E-state index contributed by atoms with van der Waals surface area (Å²) in [6, 6.07) is 26.8. The van der Waals surface area contributed by atoms with E-state index in [0.29, 0.717) is 32.8 Å². The van der Waals surface area contributed by atoms with Crippen LogP contribution in [-0.2, 0) is 22.5 Å². The lowest BCUT2D eigenvalue weighted by atomic mass is 10.2. The van der Waals surface area contributed by atoms with Crippen LogP contribution < -0.4 is 16.2 Å². The van der Waals surface area contributed by atoms with Gasteiger partial charge in [0.1, 0.15) is 16.3 Å². The number of para-hydroxylation sites is 1. The molecule has 0 bridgehead atoms. The second-order valence-electron chi connectivity index (χ2n) is 8.90. The van der Waals surface area contributed by atoms with Crippen LogP contribution in [0.25, 0.3) is 10.2 Å². The second-order valence-corrected chi connectivity index (χ2v) is 9.90. The molecule has 0 aliphatic heterocycles. The molecule has 2 heterocycles. The molecule has 2 aromatic heterocycles. The number of carbonyl (C=O) groups excluding carboxylic acids is 2. The number of ether oxygens (including phenoxy) is 1. The molecule has 9 heteroatoms. The molecule has 0 spiro atoms. The number of nitrogens with zero attached hydrogens (tertiary/aromatic N) is 2. The zero-order valence-electron chi connectivity index (χ0n) is 21.2. The number of esters is 1. The number of benzene rings is 3. The minimum absolute atomic E-state index is 0.210. The van der Waals surface area contributed by atoms with Crippen LogP contribution in [0.1, 0.15) is 20.8 Å². The van der Waals surface area contributed by atoms with E-state index in [1.807, 2.05) is 72.8 Å². The van der Waals surface area contributed by atoms with Crippen LogP contribution in [0.5, 0.6) is 0 Å². The Morgan fingerprint density at radius 2 is 1.54 bits per heavy atom. The van der Waals surface area contributed by atoms with Crippen molar-refractivity contribution in [3.63, 3.8) is 0 Å². The molecule has 2 N–H and O–H groups in total. The van der Waals surface area contributed by atoms with Crippen molar-refractivity contribution in [3.8, 4) is 0 Å². The summed E-state index contributed by atoms with van der Waals surface area (Å²) in [5.74, 6) is -0.851. The van der Waals surface area contributed by atoms with Crippen molar-refractivity contribution in [1.82, 2.24) is 9.55 Å². The Hall–Kier alpha value is -4.76. The molecule has 0 atom stereocenters. The van der Waals surface area contributed by atoms with E-state index < -0.39 is 5.97 Å². The lowest BCUT2D eigenvalue weighted by Gasteiger charge is -2.09. The van der Waals surface area contributed by atoms with Gasteiger partial charge < -0.3 is 15.4 Å². The first kappa shape index (κ1) is 25.9. The molecule has 1 amide bonds. The van der Waals surface area contributed by atoms with Crippen molar-refractivity contribution in [2.75, 3.05) is 17.2 Å². The molecule has 0 saturated heterocycles. The highest BCUT2D eigenvalue weighted by molar-refractivity contribution is 7.20. The van der Waals surface area contributed by atoms with Gasteiger partial charge in [-0.05, 0) is 54.4 Å². The number of aryl methyl sites for hydroxylation is 1. The van der Waals surface area contributed by atoms with Crippen LogP contribution in [0, 0.1) is 6.92 Å². The van der Waals surface area contributed by atoms with E-state index in [2.05, 4.69) is 15.6 Å². The number of amides is 1. The molecule has 39 heavy (non-hydrogen) atoms. The van der Waals surface area contributed by atoms with E-state index in [4.69, 9.17) is 4.74 Å². The van der Waals surface area contributed by atoms with Crippen LogP contribution in [0.15, 0.2) is 96.1 Å². The standard InChI is InChI=1S/C30H26N4O4S/c1-20-26-28(39-27(20)30(37)38-17-16-21-8-4-2-5-9-21)31-19-34(29(26)36)18-25(35)33-24-14-12-23(13-15-24)32-22-10-6-3-7-11-22/h2-15,19,32H,16-18H2,1H3,(H,33,35). The summed E-state index contributed by atoms with van der Waals surface area (Å²) >= 11 is 1.12. The molecule has 196 valence electrons. The Balaban J connectivity index is 1.23. The summed E-state index contributed by atoms with van der Waals surface area (Å²) in [6.07, 6.45) is 1.93. The predicted molar refractivity (Wildman–Crippen MR) is 154 cm³/mol. The normalized spacial score (nSPS) is 10.8. The second kappa shape index (κ2) is 11.7. The third-order valence-corrected chi connectivity index (χ3v) is 7.29. The van der Waals surface area contributed by atoms with Gasteiger partial charge in [-0.2, -0.15) is 0 Å². The van der Waals surface area contributed by atoms with Gasteiger partial charge in [-0.3, -0.25) is 14.2 Å². The average Bonchev–Trinajstić information content (AvgIpc) is 3.29. The van der Waals surface area contributed by atoms with Gasteiger partial charge in [0.15, 0.2) is 0 Å². The lowest BCUT2D eigenvalue weighted by Crippen LogP contribution is -2.27. The number of nitrogens with one attached hydrogen (secondary N) is 2. The van der Waals surface area contributed by atoms with Crippen molar-refractivity contribution >= 4 is 50.5 Å². The van der Waals surface area contributed by atoms with Crippen molar-refractivity contribution in [2.45, 2.75) is 19.9 Å². The molecular weight excluding hydrogens is 512 g/mol. The molecule has 5 aromatic rings. The minimum Gasteiger partial charge on any atom is -0.461 e. The van der Waals surface area contributed by atoms with Gasteiger partial charge in [-0.25, -0.2) is 9.78 Å². The molecule has 8 nitrogen and oxygen atoms in total. The maximum Gasteiger partial charge on any atom is 0.348 e. The molecule has 3 aromatic carbocycles. The first-order valence-electron chi connectivity index (χ1n) is 12.4. The van der Waals surface area contributed by atoms with E-state index in [-0.39, 0.29) is 24.6 Å². The zero-order chi connectivity index (χ0) is 27.2. The van der Waals surface area contributed by atoms with Crippen LogP contribution in [0.3, 0.4) is 0 Å². The third kappa shape index (κ3) is 6.22.